The van der Waals surface area contributed by atoms with Crippen molar-refractivity contribution in [2.75, 3.05) is 0 Å². The summed E-state index contributed by atoms with van der Waals surface area (Å²) in [7, 11) is 0. The molecule has 0 spiro atoms. The Balaban J connectivity index is 2.34. The van der Waals surface area contributed by atoms with Gasteiger partial charge in [-0.05, 0) is 12.3 Å². The van der Waals surface area contributed by atoms with Gasteiger partial charge in [-0.25, -0.2) is 0 Å². The minimum absolute atomic E-state index is 0.206. The quantitative estimate of drug-likeness (QED) is 0.695. The number of benzene rings is 1. The first-order chi connectivity index (χ1) is 9.16. The van der Waals surface area contributed by atoms with E-state index < -0.39 is 0 Å². The van der Waals surface area contributed by atoms with Crippen LogP contribution in [0.2, 0.25) is 0 Å². The summed E-state index contributed by atoms with van der Waals surface area (Å²) < 4.78 is 0. The van der Waals surface area contributed by atoms with Crippen molar-refractivity contribution in [3.05, 3.63) is 52.6 Å². The maximum Gasteiger partial charge on any atom is 0.257 e. The highest BCUT2D eigenvalue weighted by molar-refractivity contribution is 5.94. The van der Waals surface area contributed by atoms with Crippen LogP contribution in [-0.2, 0) is 0 Å². The minimum atomic E-state index is -0.351. The average molecular weight is 253 g/mol. The molecule has 0 aliphatic heterocycles. The third-order valence-corrected chi connectivity index (χ3v) is 3.05. The van der Waals surface area contributed by atoms with Gasteiger partial charge in [-0.2, -0.15) is 4.98 Å². The van der Waals surface area contributed by atoms with Gasteiger partial charge in [0.15, 0.2) is 0 Å². The normalized spacial score (nSPS) is 10.8. The van der Waals surface area contributed by atoms with Crippen molar-refractivity contribution in [3.63, 3.8) is 0 Å². The lowest BCUT2D eigenvalue weighted by molar-refractivity contribution is 0.447. The number of aromatic hydroxyl groups is 1. The average Bonchev–Trinajstić information content (AvgIpc) is 2.43. The summed E-state index contributed by atoms with van der Waals surface area (Å²) in [5, 5.41) is 11.5. The van der Waals surface area contributed by atoms with Crippen LogP contribution in [0, 0.1) is 6.92 Å². The third-order valence-electron chi connectivity index (χ3n) is 3.05. The number of hydrogen-bond acceptors (Lipinski definition) is 4. The van der Waals surface area contributed by atoms with Gasteiger partial charge in [0.1, 0.15) is 5.82 Å². The number of aromatic amines is 1. The predicted molar refractivity (Wildman–Crippen MR) is 72.0 cm³/mol. The van der Waals surface area contributed by atoms with E-state index in [1.54, 1.807) is 12.4 Å². The fourth-order valence-electron chi connectivity index (χ4n) is 1.95. The van der Waals surface area contributed by atoms with E-state index >= 15 is 0 Å². The van der Waals surface area contributed by atoms with E-state index in [0.717, 1.165) is 10.8 Å². The monoisotopic (exact) mass is 253 g/mol. The largest absolute Gasteiger partial charge is 0.493 e. The zero-order valence-electron chi connectivity index (χ0n) is 10.2. The highest BCUT2D eigenvalue weighted by atomic mass is 16.3. The van der Waals surface area contributed by atoms with Crippen LogP contribution < -0.4 is 5.56 Å². The highest BCUT2D eigenvalue weighted by Gasteiger charge is 2.10. The molecule has 0 saturated heterocycles. The lowest BCUT2D eigenvalue weighted by Crippen LogP contribution is -2.12. The Kier molecular flexibility index (Phi) is 2.52. The number of nitrogens with zero attached hydrogens (tertiary/aromatic N) is 2. The van der Waals surface area contributed by atoms with E-state index in [1.165, 1.54) is 6.92 Å². The summed E-state index contributed by atoms with van der Waals surface area (Å²) in [5.74, 6) is 0.0593. The van der Waals surface area contributed by atoms with E-state index in [9.17, 15) is 9.90 Å². The van der Waals surface area contributed by atoms with Gasteiger partial charge in [0.25, 0.3) is 5.56 Å². The van der Waals surface area contributed by atoms with Crippen molar-refractivity contribution < 1.29 is 5.11 Å². The number of H-pyrrole nitrogens is 1. The topological polar surface area (TPSA) is 78.9 Å². The van der Waals surface area contributed by atoms with Gasteiger partial charge in [-0.15, -0.1) is 0 Å². The van der Waals surface area contributed by atoms with Crippen LogP contribution >= 0.6 is 0 Å². The Morgan fingerprint density at radius 3 is 2.79 bits per heavy atom. The van der Waals surface area contributed by atoms with Gasteiger partial charge >= 0.3 is 0 Å². The molecule has 5 nitrogen and oxygen atoms in total. The summed E-state index contributed by atoms with van der Waals surface area (Å²) in [6, 6.07) is 7.66. The molecule has 0 atom stereocenters. The van der Waals surface area contributed by atoms with Gasteiger partial charge in [0.05, 0.1) is 5.56 Å². The van der Waals surface area contributed by atoms with Gasteiger partial charge in [-0.1, -0.05) is 24.3 Å². The molecule has 3 aromatic rings. The van der Waals surface area contributed by atoms with E-state index in [-0.39, 0.29) is 17.0 Å². The maximum absolute atomic E-state index is 11.7. The molecule has 0 amide bonds. The van der Waals surface area contributed by atoms with Gasteiger partial charge < -0.3 is 10.1 Å². The standard InChI is InChI=1S/C14H11N3O2/c1-8-13(18)16-12(17-14(8)19)11-7-15-6-9-4-2-3-5-10(9)11/h2-7H,1H3,(H2,16,17,18,19). The smallest absolute Gasteiger partial charge is 0.257 e. The Morgan fingerprint density at radius 2 is 2.00 bits per heavy atom. The van der Waals surface area contributed by atoms with Gasteiger partial charge in [-0.3, -0.25) is 9.78 Å². The molecule has 0 unspecified atom stereocenters. The lowest BCUT2D eigenvalue weighted by Gasteiger charge is -2.06. The highest BCUT2D eigenvalue weighted by Crippen LogP contribution is 2.25. The van der Waals surface area contributed by atoms with E-state index in [2.05, 4.69) is 15.0 Å². The molecule has 0 fully saturated rings. The summed E-state index contributed by atoms with van der Waals surface area (Å²) in [4.78, 5) is 22.5. The van der Waals surface area contributed by atoms with Crippen LogP contribution in [0.4, 0.5) is 0 Å². The Labute approximate surface area is 108 Å². The molecule has 0 aliphatic carbocycles. The second-order valence-electron chi connectivity index (χ2n) is 4.27. The van der Waals surface area contributed by atoms with Gasteiger partial charge in [0.2, 0.25) is 5.88 Å². The summed E-state index contributed by atoms with van der Waals surface area (Å²) >= 11 is 0. The molecule has 94 valence electrons. The number of rotatable bonds is 1. The van der Waals surface area contributed by atoms with Crippen molar-refractivity contribution >= 4 is 10.8 Å². The van der Waals surface area contributed by atoms with Crippen LogP contribution in [0.5, 0.6) is 5.88 Å². The first-order valence-electron chi connectivity index (χ1n) is 5.80. The van der Waals surface area contributed by atoms with Crippen molar-refractivity contribution in [2.45, 2.75) is 6.92 Å². The maximum atomic E-state index is 11.7. The third kappa shape index (κ3) is 1.85. The molecule has 0 saturated carbocycles. The molecule has 1 aromatic carbocycles. The number of nitrogens with one attached hydrogen (secondary N) is 1. The summed E-state index contributed by atoms with van der Waals surface area (Å²) in [5.41, 5.74) is 0.540. The van der Waals surface area contributed by atoms with Crippen LogP contribution in [0.15, 0.2) is 41.5 Å². The fraction of sp³-hybridized carbons (Fsp3) is 0.0714. The van der Waals surface area contributed by atoms with E-state index in [0.29, 0.717) is 11.4 Å². The number of aromatic nitrogens is 3. The molecule has 0 radical (unpaired) electrons. The van der Waals surface area contributed by atoms with Crippen molar-refractivity contribution in [2.24, 2.45) is 0 Å². The van der Waals surface area contributed by atoms with Crippen LogP contribution in [0.1, 0.15) is 5.56 Å². The predicted octanol–water partition coefficient (Wildman–Crippen LogP) is 2.00. The van der Waals surface area contributed by atoms with Gasteiger partial charge in [0, 0.05) is 23.3 Å². The molecular formula is C14H11N3O2. The van der Waals surface area contributed by atoms with Crippen LogP contribution in [0.3, 0.4) is 0 Å². The Morgan fingerprint density at radius 1 is 1.21 bits per heavy atom. The molecule has 5 heteroatoms. The van der Waals surface area contributed by atoms with Crippen molar-refractivity contribution in [3.8, 4) is 17.3 Å². The summed E-state index contributed by atoms with van der Waals surface area (Å²) in [6.45, 7) is 1.52. The Hall–Kier alpha value is -2.69. The molecule has 2 N–H and O–H groups in total. The van der Waals surface area contributed by atoms with E-state index in [1.807, 2.05) is 24.3 Å². The van der Waals surface area contributed by atoms with Crippen molar-refractivity contribution in [1.29, 1.82) is 0 Å². The second-order valence-corrected chi connectivity index (χ2v) is 4.27. The Bertz CT molecular complexity index is 819. The molecule has 2 heterocycles. The SMILES string of the molecule is Cc1c(O)nc(-c2cncc3ccccc23)[nH]c1=O. The van der Waals surface area contributed by atoms with Crippen molar-refractivity contribution in [1.82, 2.24) is 15.0 Å². The lowest BCUT2D eigenvalue weighted by atomic mass is 10.1. The van der Waals surface area contributed by atoms with Crippen LogP contribution in [-0.4, -0.2) is 20.1 Å². The number of hydrogen-bond donors (Lipinski definition) is 2. The molecule has 0 bridgehead atoms. The molecule has 2 aromatic heterocycles. The van der Waals surface area contributed by atoms with E-state index in [4.69, 9.17) is 0 Å². The first-order valence-corrected chi connectivity index (χ1v) is 5.80. The zero-order valence-corrected chi connectivity index (χ0v) is 10.2. The second kappa shape index (κ2) is 4.20. The molecule has 0 aliphatic rings. The minimum Gasteiger partial charge on any atom is -0.493 e. The molecule has 3 rings (SSSR count). The number of pyridine rings is 1. The van der Waals surface area contributed by atoms with Crippen LogP contribution in [0.25, 0.3) is 22.2 Å². The molecule has 19 heavy (non-hydrogen) atoms. The summed E-state index contributed by atoms with van der Waals surface area (Å²) in [6.07, 6.45) is 3.36. The number of fused-ring (bicyclic) bond motifs is 1. The fourth-order valence-corrected chi connectivity index (χ4v) is 1.95. The molecular weight excluding hydrogens is 242 g/mol. The first kappa shape index (κ1) is 11.4. The zero-order chi connectivity index (χ0) is 13.4.